The Hall–Kier alpha value is -1.85. The minimum atomic E-state index is -0.645. The summed E-state index contributed by atoms with van der Waals surface area (Å²) in [5, 5.41) is 4.54. The van der Waals surface area contributed by atoms with Crippen molar-refractivity contribution in [3.63, 3.8) is 0 Å². The summed E-state index contributed by atoms with van der Waals surface area (Å²) >= 11 is 7.39. The third kappa shape index (κ3) is 4.88. The molecule has 2 aromatic rings. The lowest BCUT2D eigenvalue weighted by molar-refractivity contribution is -0.127. The molecule has 0 spiro atoms. The highest BCUT2D eigenvalue weighted by Gasteiger charge is 2.13. The van der Waals surface area contributed by atoms with Crippen LogP contribution < -0.4 is 10.2 Å². The van der Waals surface area contributed by atoms with Gasteiger partial charge in [-0.05, 0) is 50.2 Å². The van der Waals surface area contributed by atoms with Crippen LogP contribution in [0.3, 0.4) is 0 Å². The van der Waals surface area contributed by atoms with Gasteiger partial charge in [-0.25, -0.2) is 5.43 Å². The fraction of sp³-hybridized carbons (Fsp3) is 0.200. The van der Waals surface area contributed by atoms with Crippen LogP contribution in [-0.4, -0.2) is 18.2 Å². The van der Waals surface area contributed by atoms with Crippen LogP contribution in [0, 0.1) is 6.92 Å². The molecule has 1 atom stereocenters. The average molecular weight is 323 g/mol. The Kier molecular flexibility index (Phi) is 5.36. The van der Waals surface area contributed by atoms with Crippen molar-refractivity contribution in [3.8, 4) is 5.75 Å². The van der Waals surface area contributed by atoms with Crippen molar-refractivity contribution in [2.45, 2.75) is 20.0 Å². The molecule has 1 heterocycles. The molecule has 2 rings (SSSR count). The smallest absolute Gasteiger partial charge is 0.280 e. The molecule has 1 N–H and O–H groups in total. The molecule has 0 bridgehead atoms. The van der Waals surface area contributed by atoms with Gasteiger partial charge in [0.2, 0.25) is 0 Å². The molecule has 4 nitrogen and oxygen atoms in total. The van der Waals surface area contributed by atoms with Crippen molar-refractivity contribution in [2.24, 2.45) is 5.10 Å². The van der Waals surface area contributed by atoms with Gasteiger partial charge < -0.3 is 4.74 Å². The molecule has 1 amide bonds. The Bertz CT molecular complexity index is 637. The number of benzene rings is 1. The molecule has 0 aliphatic heterocycles. The normalized spacial score (nSPS) is 12.3. The maximum atomic E-state index is 11.8. The van der Waals surface area contributed by atoms with Gasteiger partial charge in [0.25, 0.3) is 5.91 Å². The molecule has 0 saturated carbocycles. The number of hydrogen-bond acceptors (Lipinski definition) is 4. The summed E-state index contributed by atoms with van der Waals surface area (Å²) < 4.78 is 5.50. The summed E-state index contributed by atoms with van der Waals surface area (Å²) in [6, 6.07) is 10.8. The summed E-state index contributed by atoms with van der Waals surface area (Å²) in [4.78, 5) is 14.0. The molecule has 1 aromatic heterocycles. The fourth-order valence-corrected chi connectivity index (χ4v) is 2.42. The maximum absolute atomic E-state index is 11.8. The van der Waals surface area contributed by atoms with Crippen LogP contribution in [0.2, 0.25) is 5.02 Å². The van der Waals surface area contributed by atoms with Gasteiger partial charge in [-0.1, -0.05) is 11.6 Å². The van der Waals surface area contributed by atoms with E-state index in [1.165, 1.54) is 4.88 Å². The highest BCUT2D eigenvalue weighted by molar-refractivity contribution is 7.13. The highest BCUT2D eigenvalue weighted by Crippen LogP contribution is 2.16. The SMILES string of the molecule is Cc1ccc(C=NNC(=O)[C@@H](C)Oc2ccc(Cl)cc2)s1. The van der Waals surface area contributed by atoms with E-state index >= 15 is 0 Å². The number of amides is 1. The monoisotopic (exact) mass is 322 g/mol. The van der Waals surface area contributed by atoms with E-state index in [-0.39, 0.29) is 5.91 Å². The second kappa shape index (κ2) is 7.24. The molecule has 0 aliphatic carbocycles. The quantitative estimate of drug-likeness (QED) is 0.675. The fourth-order valence-electron chi connectivity index (χ4n) is 1.54. The van der Waals surface area contributed by atoms with Crippen LogP contribution in [-0.2, 0) is 4.79 Å². The van der Waals surface area contributed by atoms with E-state index < -0.39 is 6.10 Å². The number of ether oxygens (including phenoxy) is 1. The van der Waals surface area contributed by atoms with E-state index in [9.17, 15) is 4.79 Å². The molecule has 1 aromatic carbocycles. The van der Waals surface area contributed by atoms with Gasteiger partial charge in [-0.15, -0.1) is 11.3 Å². The summed E-state index contributed by atoms with van der Waals surface area (Å²) in [6.07, 6.45) is 0.971. The average Bonchev–Trinajstić information content (AvgIpc) is 2.87. The van der Waals surface area contributed by atoms with Gasteiger partial charge in [-0.2, -0.15) is 5.10 Å². The Balaban J connectivity index is 1.85. The van der Waals surface area contributed by atoms with Gasteiger partial charge >= 0.3 is 0 Å². The van der Waals surface area contributed by atoms with Crippen LogP contribution in [0.5, 0.6) is 5.75 Å². The van der Waals surface area contributed by atoms with Crippen molar-refractivity contribution in [3.05, 3.63) is 51.2 Å². The minimum Gasteiger partial charge on any atom is -0.481 e. The van der Waals surface area contributed by atoms with Gasteiger partial charge in [-0.3, -0.25) is 4.79 Å². The van der Waals surface area contributed by atoms with E-state index in [2.05, 4.69) is 10.5 Å². The number of thiophene rings is 1. The lowest BCUT2D eigenvalue weighted by atomic mass is 10.3. The molecule has 6 heteroatoms. The summed E-state index contributed by atoms with van der Waals surface area (Å²) in [7, 11) is 0. The molecule has 110 valence electrons. The standard InChI is InChI=1S/C15H15ClN2O2S/c1-10-3-8-14(21-10)9-17-18-15(19)11(2)20-13-6-4-12(16)5-7-13/h3-9,11H,1-2H3,(H,18,19)/t11-/m1/s1. The first kappa shape index (κ1) is 15.5. The lowest BCUT2D eigenvalue weighted by Crippen LogP contribution is -2.33. The van der Waals surface area contributed by atoms with Crippen LogP contribution >= 0.6 is 22.9 Å². The van der Waals surface area contributed by atoms with Crippen LogP contribution in [0.25, 0.3) is 0 Å². The Morgan fingerprint density at radius 1 is 1.33 bits per heavy atom. The van der Waals surface area contributed by atoms with Crippen molar-refractivity contribution in [2.75, 3.05) is 0 Å². The van der Waals surface area contributed by atoms with Crippen molar-refractivity contribution in [1.82, 2.24) is 5.43 Å². The molecular formula is C15H15ClN2O2S. The first-order valence-electron chi connectivity index (χ1n) is 6.36. The van der Waals surface area contributed by atoms with Crippen molar-refractivity contribution < 1.29 is 9.53 Å². The van der Waals surface area contributed by atoms with E-state index in [1.807, 2.05) is 19.1 Å². The zero-order valence-corrected chi connectivity index (χ0v) is 13.2. The number of hydrogen-bond donors (Lipinski definition) is 1. The third-order valence-electron chi connectivity index (χ3n) is 2.62. The molecule has 0 saturated heterocycles. The second-order valence-electron chi connectivity index (χ2n) is 4.40. The molecule has 0 radical (unpaired) electrons. The van der Waals surface area contributed by atoms with Crippen molar-refractivity contribution >= 4 is 35.1 Å². The van der Waals surface area contributed by atoms with Gasteiger partial charge in [0, 0.05) is 14.8 Å². The Morgan fingerprint density at radius 2 is 2.05 bits per heavy atom. The maximum Gasteiger partial charge on any atom is 0.280 e. The number of rotatable bonds is 5. The molecule has 0 unspecified atom stereocenters. The molecular weight excluding hydrogens is 308 g/mol. The topological polar surface area (TPSA) is 50.7 Å². The third-order valence-corrected chi connectivity index (χ3v) is 3.81. The van der Waals surface area contributed by atoms with E-state index in [4.69, 9.17) is 16.3 Å². The van der Waals surface area contributed by atoms with Gasteiger partial charge in [0.1, 0.15) is 5.75 Å². The number of aryl methyl sites for hydroxylation is 1. The Morgan fingerprint density at radius 3 is 2.67 bits per heavy atom. The molecule has 21 heavy (non-hydrogen) atoms. The predicted octanol–water partition coefficient (Wildman–Crippen LogP) is 3.63. The number of carbonyl (C=O) groups excluding carboxylic acids is 1. The second-order valence-corrected chi connectivity index (χ2v) is 6.15. The summed E-state index contributed by atoms with van der Waals surface area (Å²) in [5.74, 6) is 0.273. The van der Waals surface area contributed by atoms with Gasteiger partial charge in [0.15, 0.2) is 6.10 Å². The first-order chi connectivity index (χ1) is 10.0. The number of hydrazone groups is 1. The van der Waals surface area contributed by atoms with E-state index in [1.54, 1.807) is 48.7 Å². The number of carbonyl (C=O) groups is 1. The zero-order valence-electron chi connectivity index (χ0n) is 11.7. The van der Waals surface area contributed by atoms with Crippen LogP contribution in [0.15, 0.2) is 41.5 Å². The van der Waals surface area contributed by atoms with Crippen LogP contribution in [0.4, 0.5) is 0 Å². The number of nitrogens with zero attached hydrogens (tertiary/aromatic N) is 1. The number of nitrogens with one attached hydrogen (secondary N) is 1. The highest BCUT2D eigenvalue weighted by atomic mass is 35.5. The minimum absolute atomic E-state index is 0.311. The molecule has 0 fully saturated rings. The lowest BCUT2D eigenvalue weighted by Gasteiger charge is -2.12. The summed E-state index contributed by atoms with van der Waals surface area (Å²) in [6.45, 7) is 3.68. The van der Waals surface area contributed by atoms with Crippen LogP contribution in [0.1, 0.15) is 16.7 Å². The van der Waals surface area contributed by atoms with E-state index in [0.29, 0.717) is 10.8 Å². The zero-order chi connectivity index (χ0) is 15.2. The summed E-state index contributed by atoms with van der Waals surface area (Å²) in [5.41, 5.74) is 2.46. The largest absolute Gasteiger partial charge is 0.481 e. The van der Waals surface area contributed by atoms with Gasteiger partial charge in [0.05, 0.1) is 6.21 Å². The first-order valence-corrected chi connectivity index (χ1v) is 7.55. The molecule has 0 aliphatic rings. The number of halogens is 1. The Labute approximate surface area is 132 Å². The van der Waals surface area contributed by atoms with E-state index in [0.717, 1.165) is 4.88 Å². The predicted molar refractivity (Wildman–Crippen MR) is 86.3 cm³/mol. The van der Waals surface area contributed by atoms with Crippen molar-refractivity contribution in [1.29, 1.82) is 0 Å².